The summed E-state index contributed by atoms with van der Waals surface area (Å²) in [6.45, 7) is 2.42. The van der Waals surface area contributed by atoms with E-state index in [0.29, 0.717) is 19.4 Å². The topological polar surface area (TPSA) is 32.3 Å². The molecule has 0 bridgehead atoms. The van der Waals surface area contributed by atoms with E-state index in [1.807, 2.05) is 0 Å². The molecule has 1 fully saturated rings. The van der Waals surface area contributed by atoms with Crippen molar-refractivity contribution in [2.45, 2.75) is 37.6 Å². The lowest BCUT2D eigenvalue weighted by molar-refractivity contribution is -0.137. The molecule has 0 aliphatic carbocycles. The van der Waals surface area contributed by atoms with Crippen LogP contribution in [0.5, 0.6) is 0 Å². The first-order chi connectivity index (χ1) is 8.28. The van der Waals surface area contributed by atoms with E-state index >= 15 is 0 Å². The van der Waals surface area contributed by atoms with Gasteiger partial charge in [-0.3, -0.25) is 0 Å². The molecule has 1 aliphatic heterocycles. The summed E-state index contributed by atoms with van der Waals surface area (Å²) in [6, 6.07) is 5.03. The van der Waals surface area contributed by atoms with E-state index in [1.165, 1.54) is 12.1 Å². The van der Waals surface area contributed by atoms with Crippen LogP contribution in [0.25, 0.3) is 0 Å². The molecule has 0 saturated carbocycles. The summed E-state index contributed by atoms with van der Waals surface area (Å²) < 4.78 is 37.3. The van der Waals surface area contributed by atoms with Crippen molar-refractivity contribution in [2.75, 3.05) is 6.54 Å². The van der Waals surface area contributed by atoms with Crippen molar-refractivity contribution in [1.29, 1.82) is 0 Å². The Bertz CT molecular complexity index is 411. The van der Waals surface area contributed by atoms with Gasteiger partial charge in [0.15, 0.2) is 0 Å². The predicted molar refractivity (Wildman–Crippen MR) is 62.0 cm³/mol. The first-order valence-electron chi connectivity index (χ1n) is 5.91. The average molecular weight is 259 g/mol. The van der Waals surface area contributed by atoms with Crippen molar-refractivity contribution >= 4 is 0 Å². The zero-order valence-corrected chi connectivity index (χ0v) is 10.1. The maximum atomic E-state index is 12.4. The Balaban J connectivity index is 2.15. The maximum Gasteiger partial charge on any atom is 0.416 e. The van der Waals surface area contributed by atoms with E-state index in [2.05, 4.69) is 5.32 Å². The minimum atomic E-state index is -4.30. The van der Waals surface area contributed by atoms with E-state index < -0.39 is 17.3 Å². The fraction of sp³-hybridized carbons (Fsp3) is 0.538. The van der Waals surface area contributed by atoms with Crippen LogP contribution in [-0.4, -0.2) is 17.3 Å². The second-order valence-corrected chi connectivity index (χ2v) is 5.08. The Labute approximate surface area is 104 Å². The van der Waals surface area contributed by atoms with E-state index in [4.69, 9.17) is 0 Å². The van der Waals surface area contributed by atoms with Gasteiger partial charge < -0.3 is 10.4 Å². The third-order valence-electron chi connectivity index (χ3n) is 3.34. The van der Waals surface area contributed by atoms with Gasteiger partial charge in [-0.2, -0.15) is 13.2 Å². The SMILES string of the molecule is CC1(O)CCNC(c2ccc(C(F)(F)F)cc2)C1. The molecule has 1 aromatic carbocycles. The molecule has 1 aromatic rings. The average Bonchev–Trinajstić information content (AvgIpc) is 2.27. The van der Waals surface area contributed by atoms with Gasteiger partial charge in [0.05, 0.1) is 11.2 Å². The summed E-state index contributed by atoms with van der Waals surface area (Å²) in [6.07, 6.45) is -3.13. The van der Waals surface area contributed by atoms with Gasteiger partial charge in [0.1, 0.15) is 0 Å². The number of rotatable bonds is 1. The number of hydrogen-bond acceptors (Lipinski definition) is 2. The number of alkyl halides is 3. The van der Waals surface area contributed by atoms with Crippen molar-refractivity contribution in [3.8, 4) is 0 Å². The molecule has 2 N–H and O–H groups in total. The van der Waals surface area contributed by atoms with Crippen LogP contribution in [-0.2, 0) is 6.18 Å². The third kappa shape index (κ3) is 3.03. The smallest absolute Gasteiger partial charge is 0.390 e. The second kappa shape index (κ2) is 4.55. The summed E-state index contributed by atoms with van der Waals surface area (Å²) in [5.74, 6) is 0. The van der Waals surface area contributed by atoms with E-state index in [0.717, 1.165) is 17.7 Å². The number of benzene rings is 1. The first-order valence-corrected chi connectivity index (χ1v) is 5.91. The monoisotopic (exact) mass is 259 g/mol. The Morgan fingerprint density at radius 3 is 2.39 bits per heavy atom. The van der Waals surface area contributed by atoms with Gasteiger partial charge in [-0.05, 0) is 44.0 Å². The van der Waals surface area contributed by atoms with Gasteiger partial charge in [-0.1, -0.05) is 12.1 Å². The molecule has 0 aromatic heterocycles. The fourth-order valence-electron chi connectivity index (χ4n) is 2.27. The lowest BCUT2D eigenvalue weighted by atomic mass is 9.86. The van der Waals surface area contributed by atoms with Crippen LogP contribution >= 0.6 is 0 Å². The fourth-order valence-corrected chi connectivity index (χ4v) is 2.27. The summed E-state index contributed by atoms with van der Waals surface area (Å²) in [5, 5.41) is 13.2. The normalized spacial score (nSPS) is 29.3. The maximum absolute atomic E-state index is 12.4. The van der Waals surface area contributed by atoms with Gasteiger partial charge in [0.2, 0.25) is 0 Å². The van der Waals surface area contributed by atoms with Crippen LogP contribution in [0.4, 0.5) is 13.2 Å². The van der Waals surface area contributed by atoms with Crippen molar-refractivity contribution in [1.82, 2.24) is 5.32 Å². The Morgan fingerprint density at radius 2 is 1.89 bits per heavy atom. The minimum Gasteiger partial charge on any atom is -0.390 e. The van der Waals surface area contributed by atoms with Crippen molar-refractivity contribution in [3.63, 3.8) is 0 Å². The molecule has 2 rings (SSSR count). The minimum absolute atomic E-state index is 0.0870. The second-order valence-electron chi connectivity index (χ2n) is 5.08. The molecule has 5 heteroatoms. The molecule has 18 heavy (non-hydrogen) atoms. The lowest BCUT2D eigenvalue weighted by Gasteiger charge is -2.35. The molecule has 0 amide bonds. The molecule has 1 saturated heterocycles. The van der Waals surface area contributed by atoms with E-state index in [1.54, 1.807) is 6.92 Å². The lowest BCUT2D eigenvalue weighted by Crippen LogP contribution is -2.41. The number of halogens is 3. The molecule has 2 nitrogen and oxygen atoms in total. The molecule has 1 heterocycles. The van der Waals surface area contributed by atoms with E-state index in [-0.39, 0.29) is 6.04 Å². The predicted octanol–water partition coefficient (Wildman–Crippen LogP) is 2.88. The molecule has 0 radical (unpaired) electrons. The van der Waals surface area contributed by atoms with Crippen LogP contribution in [0.3, 0.4) is 0 Å². The van der Waals surface area contributed by atoms with Gasteiger partial charge in [0, 0.05) is 6.04 Å². The van der Waals surface area contributed by atoms with Crippen molar-refractivity contribution in [3.05, 3.63) is 35.4 Å². The standard InChI is InChI=1S/C13H16F3NO/c1-12(18)6-7-17-11(8-12)9-2-4-10(5-3-9)13(14,15)16/h2-5,11,17-18H,6-8H2,1H3. The molecular formula is C13H16F3NO. The van der Waals surface area contributed by atoms with Crippen LogP contribution in [0, 0.1) is 0 Å². The number of nitrogens with one attached hydrogen (secondary N) is 1. The quantitative estimate of drug-likeness (QED) is 0.812. The highest BCUT2D eigenvalue weighted by molar-refractivity contribution is 5.27. The summed E-state index contributed by atoms with van der Waals surface area (Å²) >= 11 is 0. The van der Waals surface area contributed by atoms with E-state index in [9.17, 15) is 18.3 Å². The largest absolute Gasteiger partial charge is 0.416 e. The number of aliphatic hydroxyl groups is 1. The molecule has 100 valence electrons. The van der Waals surface area contributed by atoms with Gasteiger partial charge in [-0.15, -0.1) is 0 Å². The van der Waals surface area contributed by atoms with Crippen molar-refractivity contribution < 1.29 is 18.3 Å². The zero-order valence-electron chi connectivity index (χ0n) is 10.1. The molecular weight excluding hydrogens is 243 g/mol. The highest BCUT2D eigenvalue weighted by Gasteiger charge is 2.32. The Kier molecular flexibility index (Phi) is 3.38. The van der Waals surface area contributed by atoms with Crippen LogP contribution in [0.15, 0.2) is 24.3 Å². The Morgan fingerprint density at radius 1 is 1.28 bits per heavy atom. The Hall–Kier alpha value is -1.07. The van der Waals surface area contributed by atoms with Gasteiger partial charge >= 0.3 is 6.18 Å². The highest BCUT2D eigenvalue weighted by Crippen LogP contribution is 2.33. The number of piperidine rings is 1. The van der Waals surface area contributed by atoms with Crippen molar-refractivity contribution in [2.24, 2.45) is 0 Å². The molecule has 0 spiro atoms. The summed E-state index contributed by atoms with van der Waals surface area (Å²) in [7, 11) is 0. The molecule has 2 unspecified atom stereocenters. The van der Waals surface area contributed by atoms with Gasteiger partial charge in [-0.25, -0.2) is 0 Å². The molecule has 2 atom stereocenters. The summed E-state index contributed by atoms with van der Waals surface area (Å²) in [5.41, 5.74) is -0.615. The van der Waals surface area contributed by atoms with Gasteiger partial charge in [0.25, 0.3) is 0 Å². The third-order valence-corrected chi connectivity index (χ3v) is 3.34. The molecule has 1 aliphatic rings. The van der Waals surface area contributed by atoms with Crippen LogP contribution in [0.1, 0.15) is 36.9 Å². The summed E-state index contributed by atoms with van der Waals surface area (Å²) in [4.78, 5) is 0. The highest BCUT2D eigenvalue weighted by atomic mass is 19.4. The first kappa shape index (κ1) is 13.4. The van der Waals surface area contributed by atoms with Crippen LogP contribution in [0.2, 0.25) is 0 Å². The number of hydrogen-bond donors (Lipinski definition) is 2. The van der Waals surface area contributed by atoms with Crippen LogP contribution < -0.4 is 5.32 Å². The zero-order chi connectivity index (χ0) is 13.4.